The van der Waals surface area contributed by atoms with E-state index in [1.165, 1.54) is 5.38 Å². The number of alkyl halides is 2. The second-order valence-electron chi connectivity index (χ2n) is 11.4. The third-order valence-electron chi connectivity index (χ3n) is 5.49. The van der Waals surface area contributed by atoms with E-state index in [0.717, 1.165) is 11.3 Å². The molecule has 2 aliphatic rings. The number of aromatic nitrogens is 1. The molecule has 0 bridgehead atoms. The SMILES string of the molecule is CC(C)(C)OC(=O)Nc1nc(/C(=N/OC2(C(=O)OC(C)(C)C)CCC(F)(F)CC2)C(=O)N[C@H]2CONC2=O)cs1. The fraction of sp³-hybridized carbons (Fsp3) is 0.667. The molecule has 1 saturated carbocycles. The molecule has 1 atom stereocenters. The van der Waals surface area contributed by atoms with Gasteiger partial charge in [0.2, 0.25) is 11.5 Å². The second kappa shape index (κ2) is 11.6. The van der Waals surface area contributed by atoms with Crippen LogP contribution in [-0.2, 0) is 33.5 Å². The van der Waals surface area contributed by atoms with E-state index in [4.69, 9.17) is 19.1 Å². The van der Waals surface area contributed by atoms with Gasteiger partial charge in [-0.25, -0.2) is 28.8 Å². The van der Waals surface area contributed by atoms with Crippen molar-refractivity contribution in [1.29, 1.82) is 0 Å². The van der Waals surface area contributed by atoms with Crippen molar-refractivity contribution in [3.05, 3.63) is 11.1 Å². The van der Waals surface area contributed by atoms with Gasteiger partial charge in [0.15, 0.2) is 10.8 Å². The molecule has 0 spiro atoms. The quantitative estimate of drug-likeness (QED) is 0.246. The topological polar surface area (TPSA) is 167 Å². The van der Waals surface area contributed by atoms with Gasteiger partial charge >= 0.3 is 12.1 Å². The number of ether oxygens (including phenoxy) is 2. The van der Waals surface area contributed by atoms with Crippen molar-refractivity contribution in [3.8, 4) is 0 Å². The molecule has 3 N–H and O–H groups in total. The summed E-state index contributed by atoms with van der Waals surface area (Å²) in [5.74, 6) is -5.46. The number of esters is 1. The van der Waals surface area contributed by atoms with E-state index in [9.17, 15) is 28.0 Å². The Labute approximate surface area is 233 Å². The molecular formula is C24H33F2N5O8S. The summed E-state index contributed by atoms with van der Waals surface area (Å²) >= 11 is 0.933. The summed E-state index contributed by atoms with van der Waals surface area (Å²) in [7, 11) is 0. The highest BCUT2D eigenvalue weighted by Gasteiger charge is 2.52. The highest BCUT2D eigenvalue weighted by atomic mass is 32.1. The van der Waals surface area contributed by atoms with E-state index in [1.54, 1.807) is 41.5 Å². The Kier molecular flexibility index (Phi) is 9.03. The predicted octanol–water partition coefficient (Wildman–Crippen LogP) is 3.05. The van der Waals surface area contributed by atoms with Crippen molar-refractivity contribution in [1.82, 2.24) is 15.8 Å². The molecule has 2 fully saturated rings. The minimum atomic E-state index is -3.01. The number of hydrogen-bond donors (Lipinski definition) is 3. The first-order chi connectivity index (χ1) is 18.4. The molecule has 2 heterocycles. The smallest absolute Gasteiger partial charge is 0.413 e. The largest absolute Gasteiger partial charge is 0.457 e. The molecule has 0 radical (unpaired) electrons. The molecule has 1 aromatic rings. The van der Waals surface area contributed by atoms with Gasteiger partial charge in [-0.05, 0) is 41.5 Å². The van der Waals surface area contributed by atoms with E-state index in [2.05, 4.69) is 26.3 Å². The van der Waals surface area contributed by atoms with Crippen molar-refractivity contribution >= 4 is 46.1 Å². The lowest BCUT2D eigenvalue weighted by Crippen LogP contribution is -2.50. The number of thiazole rings is 1. The molecule has 1 aromatic heterocycles. The maximum absolute atomic E-state index is 14.0. The Morgan fingerprint density at radius 2 is 1.73 bits per heavy atom. The Hall–Kier alpha value is -3.40. The lowest BCUT2D eigenvalue weighted by Gasteiger charge is -2.37. The summed E-state index contributed by atoms with van der Waals surface area (Å²) in [5, 5.41) is 10.2. The van der Waals surface area contributed by atoms with Crippen LogP contribution in [0.15, 0.2) is 10.5 Å². The number of nitrogens with zero attached hydrogens (tertiary/aromatic N) is 2. The lowest BCUT2D eigenvalue weighted by atomic mass is 9.82. The van der Waals surface area contributed by atoms with Crippen LogP contribution in [0.1, 0.15) is 72.9 Å². The molecule has 13 nitrogen and oxygen atoms in total. The summed E-state index contributed by atoms with van der Waals surface area (Å²) in [6.45, 7) is 9.70. The highest BCUT2D eigenvalue weighted by Crippen LogP contribution is 2.42. The van der Waals surface area contributed by atoms with Crippen LogP contribution in [0.5, 0.6) is 0 Å². The zero-order chi connectivity index (χ0) is 29.9. The van der Waals surface area contributed by atoms with Gasteiger partial charge in [0.1, 0.15) is 29.5 Å². The molecule has 1 aliphatic heterocycles. The van der Waals surface area contributed by atoms with Crippen molar-refractivity contribution in [2.75, 3.05) is 11.9 Å². The van der Waals surface area contributed by atoms with E-state index in [-0.39, 0.29) is 17.4 Å². The number of rotatable bonds is 7. The third-order valence-corrected chi connectivity index (χ3v) is 6.24. The van der Waals surface area contributed by atoms with Crippen molar-refractivity contribution in [3.63, 3.8) is 0 Å². The Morgan fingerprint density at radius 3 is 2.27 bits per heavy atom. The van der Waals surface area contributed by atoms with Crippen molar-refractivity contribution < 1.29 is 47.1 Å². The minimum absolute atomic E-state index is 0.0471. The van der Waals surface area contributed by atoms with Gasteiger partial charge in [0.25, 0.3) is 11.8 Å². The number of carbonyl (C=O) groups excluding carboxylic acids is 4. The first-order valence-electron chi connectivity index (χ1n) is 12.4. The zero-order valence-corrected chi connectivity index (χ0v) is 23.8. The van der Waals surface area contributed by atoms with Gasteiger partial charge < -0.3 is 19.6 Å². The third kappa shape index (κ3) is 8.55. The summed E-state index contributed by atoms with van der Waals surface area (Å²) < 4.78 is 38.6. The first-order valence-corrected chi connectivity index (χ1v) is 13.3. The Morgan fingerprint density at radius 1 is 1.10 bits per heavy atom. The summed E-state index contributed by atoms with van der Waals surface area (Å²) in [4.78, 5) is 65.0. The zero-order valence-electron chi connectivity index (χ0n) is 23.0. The molecule has 0 unspecified atom stereocenters. The van der Waals surface area contributed by atoms with Gasteiger partial charge in [-0.1, -0.05) is 5.16 Å². The average Bonchev–Trinajstić information content (AvgIpc) is 3.41. The average molecular weight is 590 g/mol. The number of halogens is 2. The molecule has 0 aromatic carbocycles. The monoisotopic (exact) mass is 589 g/mol. The second-order valence-corrected chi connectivity index (χ2v) is 12.2. The fourth-order valence-corrected chi connectivity index (χ4v) is 4.25. The van der Waals surface area contributed by atoms with Crippen LogP contribution in [0, 0.1) is 0 Å². The first kappa shape index (κ1) is 31.1. The van der Waals surface area contributed by atoms with Gasteiger partial charge in [-0.15, -0.1) is 11.3 Å². The predicted molar refractivity (Wildman–Crippen MR) is 138 cm³/mol. The van der Waals surface area contributed by atoms with Gasteiger partial charge in [-0.3, -0.25) is 19.7 Å². The Bertz CT molecular complexity index is 1160. The standard InChI is InChI=1S/C24H33F2N5O8S/c1-21(2,3)37-18(34)23(7-9-24(25,26)10-8-23)39-30-15(17(33)27-13-11-36-31-16(13)32)14-12-40-19(28-14)29-20(35)38-22(4,5)6/h12-13H,7-11H2,1-6H3,(H,27,33)(H,31,32)(H,28,29,35)/b30-15-/t13-/m0/s1. The molecule has 40 heavy (non-hydrogen) atoms. The number of hydroxylamine groups is 1. The van der Waals surface area contributed by atoms with Crippen LogP contribution >= 0.6 is 11.3 Å². The van der Waals surface area contributed by atoms with Crippen LogP contribution in [0.3, 0.4) is 0 Å². The van der Waals surface area contributed by atoms with E-state index >= 15 is 0 Å². The molecule has 1 saturated heterocycles. The molecule has 1 aliphatic carbocycles. The van der Waals surface area contributed by atoms with Gasteiger partial charge in [-0.2, -0.15) is 0 Å². The number of carbonyl (C=O) groups is 4. The molecule has 3 amide bonds. The summed E-state index contributed by atoms with van der Waals surface area (Å²) in [5.41, 5.74) is -2.10. The number of oxime groups is 1. The summed E-state index contributed by atoms with van der Waals surface area (Å²) in [6.07, 6.45) is -2.96. The van der Waals surface area contributed by atoms with Crippen LogP contribution in [0.4, 0.5) is 18.7 Å². The fourth-order valence-electron chi connectivity index (χ4n) is 3.57. The molecule has 3 rings (SSSR count). The highest BCUT2D eigenvalue weighted by molar-refractivity contribution is 7.14. The number of anilines is 1. The normalized spacial score (nSPS) is 20.8. The Balaban J connectivity index is 1.92. The van der Waals surface area contributed by atoms with E-state index in [0.29, 0.717) is 0 Å². The number of amides is 3. The van der Waals surface area contributed by atoms with Crippen molar-refractivity contribution in [2.24, 2.45) is 5.16 Å². The van der Waals surface area contributed by atoms with Gasteiger partial charge in [0.05, 0.1) is 0 Å². The summed E-state index contributed by atoms with van der Waals surface area (Å²) in [6, 6.07) is -1.07. The molecule has 16 heteroatoms. The van der Waals surface area contributed by atoms with Crippen LogP contribution in [-0.4, -0.2) is 69.9 Å². The maximum Gasteiger partial charge on any atom is 0.413 e. The molecular weight excluding hydrogens is 556 g/mol. The minimum Gasteiger partial charge on any atom is -0.457 e. The van der Waals surface area contributed by atoms with Crippen LogP contribution < -0.4 is 16.1 Å². The maximum atomic E-state index is 14.0. The number of nitrogens with one attached hydrogen (secondary N) is 3. The lowest BCUT2D eigenvalue weighted by molar-refractivity contribution is -0.197. The van der Waals surface area contributed by atoms with E-state index in [1.807, 2.05) is 0 Å². The van der Waals surface area contributed by atoms with E-state index < -0.39 is 84.0 Å². The molecule has 222 valence electrons. The van der Waals surface area contributed by atoms with Crippen LogP contribution in [0.25, 0.3) is 0 Å². The number of hydrogen-bond acceptors (Lipinski definition) is 11. The van der Waals surface area contributed by atoms with Crippen molar-refractivity contribution in [2.45, 2.75) is 96.0 Å². The van der Waals surface area contributed by atoms with Gasteiger partial charge in [0, 0.05) is 31.1 Å². The van der Waals surface area contributed by atoms with Crippen LogP contribution in [0.2, 0.25) is 0 Å².